The molecule has 2 N–H and O–H groups in total. The molecule has 1 amide bonds. The van der Waals surface area contributed by atoms with Gasteiger partial charge in [-0.2, -0.15) is 0 Å². The van der Waals surface area contributed by atoms with Gasteiger partial charge in [-0.25, -0.2) is 0 Å². The number of carbonyl (C=O) groups excluding carboxylic acids is 1. The van der Waals surface area contributed by atoms with E-state index in [1.807, 2.05) is 6.92 Å². The summed E-state index contributed by atoms with van der Waals surface area (Å²) in [6.45, 7) is 2.52. The third-order valence-corrected chi connectivity index (χ3v) is 5.48. The van der Waals surface area contributed by atoms with Gasteiger partial charge in [-0.3, -0.25) is 4.79 Å². The number of aromatic hydroxyl groups is 1. The molecule has 1 saturated carbocycles. The molecule has 1 aromatic rings. The van der Waals surface area contributed by atoms with E-state index in [1.165, 1.54) is 25.3 Å². The first-order chi connectivity index (χ1) is 9.56. The number of nitrogens with one attached hydrogen (secondary N) is 1. The van der Waals surface area contributed by atoms with Gasteiger partial charge in [0, 0.05) is 17.4 Å². The maximum absolute atomic E-state index is 12.2. The van der Waals surface area contributed by atoms with Crippen LogP contribution in [0, 0.1) is 12.3 Å². The van der Waals surface area contributed by atoms with Crippen molar-refractivity contribution in [2.75, 3.05) is 11.9 Å². The molecule has 1 aromatic carbocycles. The van der Waals surface area contributed by atoms with Crippen LogP contribution in [0.25, 0.3) is 0 Å². The number of amides is 1. The van der Waals surface area contributed by atoms with E-state index in [1.54, 1.807) is 12.1 Å². The number of carbonyl (C=O) groups is 1. The predicted molar refractivity (Wildman–Crippen MR) is 84.5 cm³/mol. The van der Waals surface area contributed by atoms with Crippen molar-refractivity contribution in [2.24, 2.45) is 5.41 Å². The number of hydrogen-bond donors (Lipinski definition) is 2. The number of phenolic OH excluding ortho intramolecular Hbond substituents is 1. The Morgan fingerprint density at radius 2 is 2.05 bits per heavy atom. The highest BCUT2D eigenvalue weighted by molar-refractivity contribution is 9.09. The van der Waals surface area contributed by atoms with E-state index < -0.39 is 0 Å². The van der Waals surface area contributed by atoms with Gasteiger partial charge < -0.3 is 10.4 Å². The van der Waals surface area contributed by atoms with E-state index in [-0.39, 0.29) is 17.1 Å². The van der Waals surface area contributed by atoms with Crippen molar-refractivity contribution in [3.8, 4) is 5.75 Å². The molecule has 1 aliphatic carbocycles. The van der Waals surface area contributed by atoms with Crippen LogP contribution in [-0.2, 0) is 0 Å². The fourth-order valence-electron chi connectivity index (χ4n) is 2.78. The van der Waals surface area contributed by atoms with Gasteiger partial charge in [0.15, 0.2) is 0 Å². The lowest BCUT2D eigenvalue weighted by molar-refractivity contribution is 0.0921. The van der Waals surface area contributed by atoms with Gasteiger partial charge in [-0.15, -0.1) is 0 Å². The minimum absolute atomic E-state index is 0.105. The van der Waals surface area contributed by atoms with E-state index >= 15 is 0 Å². The van der Waals surface area contributed by atoms with Gasteiger partial charge in [-0.05, 0) is 42.9 Å². The van der Waals surface area contributed by atoms with Gasteiger partial charge in [-0.1, -0.05) is 41.3 Å². The summed E-state index contributed by atoms with van der Waals surface area (Å²) in [4.78, 5) is 12.2. The lowest BCUT2D eigenvalue weighted by Gasteiger charge is -2.35. The SMILES string of the molecule is Cc1ccc(C(=O)NCC2(CBr)CCCCC2)cc1O. The fourth-order valence-corrected chi connectivity index (χ4v) is 3.54. The summed E-state index contributed by atoms with van der Waals surface area (Å²) < 4.78 is 0. The molecule has 0 radical (unpaired) electrons. The zero-order chi connectivity index (χ0) is 14.6. The minimum Gasteiger partial charge on any atom is -0.508 e. The van der Waals surface area contributed by atoms with Crippen LogP contribution in [-0.4, -0.2) is 22.9 Å². The number of halogens is 1. The van der Waals surface area contributed by atoms with Crippen LogP contribution < -0.4 is 5.32 Å². The van der Waals surface area contributed by atoms with Crippen molar-refractivity contribution in [1.82, 2.24) is 5.32 Å². The largest absolute Gasteiger partial charge is 0.508 e. The van der Waals surface area contributed by atoms with E-state index in [4.69, 9.17) is 0 Å². The van der Waals surface area contributed by atoms with Crippen molar-refractivity contribution < 1.29 is 9.90 Å². The lowest BCUT2D eigenvalue weighted by atomic mass is 9.75. The molecule has 0 atom stereocenters. The highest BCUT2D eigenvalue weighted by atomic mass is 79.9. The summed E-state index contributed by atoms with van der Waals surface area (Å²) in [5, 5.41) is 13.6. The minimum atomic E-state index is -0.105. The molecule has 110 valence electrons. The standard InChI is InChI=1S/C16H22BrNO2/c1-12-5-6-13(9-14(12)19)15(20)18-11-16(10-17)7-3-2-4-8-16/h5-6,9,19H,2-4,7-8,10-11H2,1H3,(H,18,20). The molecular formula is C16H22BrNO2. The number of rotatable bonds is 4. The monoisotopic (exact) mass is 339 g/mol. The van der Waals surface area contributed by atoms with E-state index in [0.717, 1.165) is 23.7 Å². The first-order valence-electron chi connectivity index (χ1n) is 7.20. The number of alkyl halides is 1. The second kappa shape index (κ2) is 6.61. The smallest absolute Gasteiger partial charge is 0.251 e. The molecule has 20 heavy (non-hydrogen) atoms. The molecule has 0 aromatic heterocycles. The Labute approximate surface area is 128 Å². The van der Waals surface area contributed by atoms with E-state index in [0.29, 0.717) is 12.1 Å². The molecule has 1 fully saturated rings. The quantitative estimate of drug-likeness (QED) is 0.820. The zero-order valence-corrected chi connectivity index (χ0v) is 13.5. The Morgan fingerprint density at radius 3 is 2.65 bits per heavy atom. The zero-order valence-electron chi connectivity index (χ0n) is 11.9. The topological polar surface area (TPSA) is 49.3 Å². The summed E-state index contributed by atoms with van der Waals surface area (Å²) in [5.74, 6) is 0.0664. The van der Waals surface area contributed by atoms with Crippen LogP contribution in [0.1, 0.15) is 48.0 Å². The van der Waals surface area contributed by atoms with Crippen LogP contribution in [0.5, 0.6) is 5.75 Å². The van der Waals surface area contributed by atoms with Crippen LogP contribution in [0.2, 0.25) is 0 Å². The highest BCUT2D eigenvalue weighted by Crippen LogP contribution is 2.37. The van der Waals surface area contributed by atoms with Gasteiger partial charge >= 0.3 is 0 Å². The Kier molecular flexibility index (Phi) is 5.08. The molecule has 0 spiro atoms. The summed E-state index contributed by atoms with van der Waals surface area (Å²) in [6, 6.07) is 5.06. The van der Waals surface area contributed by atoms with Gasteiger partial charge in [0.1, 0.15) is 5.75 Å². The summed E-state index contributed by atoms with van der Waals surface area (Å²) in [6.07, 6.45) is 6.11. The molecule has 0 saturated heterocycles. The van der Waals surface area contributed by atoms with Crippen LogP contribution in [0.4, 0.5) is 0 Å². The molecule has 4 heteroatoms. The van der Waals surface area contributed by atoms with Crippen LogP contribution >= 0.6 is 15.9 Å². The molecule has 0 bridgehead atoms. The summed E-state index contributed by atoms with van der Waals surface area (Å²) >= 11 is 3.60. The molecule has 0 heterocycles. The summed E-state index contributed by atoms with van der Waals surface area (Å²) in [5.41, 5.74) is 1.50. The molecule has 1 aliphatic rings. The number of hydrogen-bond acceptors (Lipinski definition) is 2. The Morgan fingerprint density at radius 1 is 1.35 bits per heavy atom. The van der Waals surface area contributed by atoms with Crippen molar-refractivity contribution >= 4 is 21.8 Å². The molecular weight excluding hydrogens is 318 g/mol. The van der Waals surface area contributed by atoms with Crippen molar-refractivity contribution in [3.63, 3.8) is 0 Å². The molecule has 0 unspecified atom stereocenters. The Balaban J connectivity index is 1.98. The van der Waals surface area contributed by atoms with Crippen molar-refractivity contribution in [2.45, 2.75) is 39.0 Å². The Hall–Kier alpha value is -1.03. The normalized spacial score (nSPS) is 17.7. The Bertz CT molecular complexity index is 481. The van der Waals surface area contributed by atoms with Crippen LogP contribution in [0.15, 0.2) is 18.2 Å². The highest BCUT2D eigenvalue weighted by Gasteiger charge is 2.31. The number of phenols is 1. The van der Waals surface area contributed by atoms with E-state index in [2.05, 4.69) is 21.2 Å². The second-order valence-corrected chi connectivity index (χ2v) is 6.44. The molecule has 3 nitrogen and oxygen atoms in total. The first-order valence-corrected chi connectivity index (χ1v) is 8.32. The average molecular weight is 340 g/mol. The van der Waals surface area contributed by atoms with E-state index in [9.17, 15) is 9.90 Å². The van der Waals surface area contributed by atoms with Gasteiger partial charge in [0.2, 0.25) is 0 Å². The first kappa shape index (κ1) is 15.4. The van der Waals surface area contributed by atoms with Gasteiger partial charge in [0.25, 0.3) is 5.91 Å². The number of benzene rings is 1. The van der Waals surface area contributed by atoms with Crippen molar-refractivity contribution in [1.29, 1.82) is 0 Å². The third kappa shape index (κ3) is 3.54. The summed E-state index contributed by atoms with van der Waals surface area (Å²) in [7, 11) is 0. The molecule has 0 aliphatic heterocycles. The average Bonchev–Trinajstić information content (AvgIpc) is 2.48. The lowest BCUT2D eigenvalue weighted by Crippen LogP contribution is -2.40. The fraction of sp³-hybridized carbons (Fsp3) is 0.562. The number of aryl methyl sites for hydroxylation is 1. The van der Waals surface area contributed by atoms with Crippen molar-refractivity contribution in [3.05, 3.63) is 29.3 Å². The maximum atomic E-state index is 12.2. The third-order valence-electron chi connectivity index (χ3n) is 4.29. The predicted octanol–water partition coefficient (Wildman–Crippen LogP) is 3.78. The van der Waals surface area contributed by atoms with Crippen LogP contribution in [0.3, 0.4) is 0 Å². The second-order valence-electron chi connectivity index (χ2n) is 5.88. The van der Waals surface area contributed by atoms with Gasteiger partial charge in [0.05, 0.1) is 0 Å². The maximum Gasteiger partial charge on any atom is 0.251 e. The molecule has 2 rings (SSSR count).